The Morgan fingerprint density at radius 2 is 1.48 bits per heavy atom. The number of carbonyl (C=O) groups excluding carboxylic acids is 1. The van der Waals surface area contributed by atoms with Gasteiger partial charge in [-0.05, 0) is 48.5 Å². The lowest BCUT2D eigenvalue weighted by Crippen LogP contribution is -2.17. The molecule has 0 atom stereocenters. The van der Waals surface area contributed by atoms with Gasteiger partial charge in [0.05, 0.1) is 5.56 Å². The lowest BCUT2D eigenvalue weighted by Gasteiger charge is -2.09. The summed E-state index contributed by atoms with van der Waals surface area (Å²) in [6, 6.07) is 16.9. The first-order valence-corrected chi connectivity index (χ1v) is 7.88. The third kappa shape index (κ3) is 3.57. The van der Waals surface area contributed by atoms with E-state index in [1.165, 1.54) is 12.1 Å². The number of benzene rings is 3. The first kappa shape index (κ1) is 17.0. The second-order valence-corrected chi connectivity index (χ2v) is 5.72. The molecule has 136 valence electrons. The highest BCUT2D eigenvalue weighted by Crippen LogP contribution is 2.31. The number of alkyl halides is 3. The van der Waals surface area contributed by atoms with Crippen LogP contribution in [0.5, 0.6) is 11.5 Å². The summed E-state index contributed by atoms with van der Waals surface area (Å²) >= 11 is 0. The Morgan fingerprint density at radius 1 is 0.815 bits per heavy atom. The fourth-order valence-electron chi connectivity index (χ4n) is 2.73. The van der Waals surface area contributed by atoms with Crippen molar-refractivity contribution in [1.29, 1.82) is 0 Å². The van der Waals surface area contributed by atoms with Crippen molar-refractivity contribution in [3.63, 3.8) is 0 Å². The Balaban J connectivity index is 1.56. The van der Waals surface area contributed by atoms with E-state index in [2.05, 4.69) is 4.74 Å². The molecule has 0 aliphatic heterocycles. The molecule has 3 aromatic carbocycles. The standard InChI is InChI=1S/C20H11F3O4/c21-20(22,23)27-13-7-5-12(6-8-13)19(24)25-14-9-10-18-16(11-14)15-3-1-2-4-17(15)26-18/h1-11H. The van der Waals surface area contributed by atoms with Crippen molar-refractivity contribution in [2.45, 2.75) is 6.36 Å². The number of hydrogen-bond donors (Lipinski definition) is 0. The summed E-state index contributed by atoms with van der Waals surface area (Å²) in [5.41, 5.74) is 1.47. The minimum absolute atomic E-state index is 0.0988. The second kappa shape index (κ2) is 6.35. The van der Waals surface area contributed by atoms with Crippen LogP contribution in [0.1, 0.15) is 10.4 Å². The van der Waals surface area contributed by atoms with Crippen LogP contribution in [0.15, 0.2) is 71.1 Å². The van der Waals surface area contributed by atoms with Gasteiger partial charge in [0.15, 0.2) is 0 Å². The van der Waals surface area contributed by atoms with E-state index in [1.807, 2.05) is 24.3 Å². The Morgan fingerprint density at radius 3 is 2.22 bits per heavy atom. The molecule has 0 N–H and O–H groups in total. The molecule has 0 amide bonds. The van der Waals surface area contributed by atoms with Gasteiger partial charge in [-0.3, -0.25) is 0 Å². The number of ether oxygens (including phenoxy) is 2. The average molecular weight is 372 g/mol. The summed E-state index contributed by atoms with van der Waals surface area (Å²) in [6.07, 6.45) is -4.79. The lowest BCUT2D eigenvalue weighted by atomic mass is 10.1. The molecule has 4 aromatic rings. The van der Waals surface area contributed by atoms with Crippen LogP contribution in [0, 0.1) is 0 Å². The first-order valence-electron chi connectivity index (χ1n) is 7.88. The van der Waals surface area contributed by atoms with Gasteiger partial charge >= 0.3 is 12.3 Å². The van der Waals surface area contributed by atoms with Crippen LogP contribution in [0.2, 0.25) is 0 Å². The van der Waals surface area contributed by atoms with E-state index < -0.39 is 18.1 Å². The van der Waals surface area contributed by atoms with Gasteiger partial charge in [-0.1, -0.05) is 18.2 Å². The third-order valence-electron chi connectivity index (χ3n) is 3.88. The van der Waals surface area contributed by atoms with Gasteiger partial charge in [0.25, 0.3) is 0 Å². The zero-order valence-electron chi connectivity index (χ0n) is 13.6. The van der Waals surface area contributed by atoms with Crippen molar-refractivity contribution < 1.29 is 31.9 Å². The van der Waals surface area contributed by atoms with Crippen molar-refractivity contribution in [1.82, 2.24) is 0 Å². The number of carbonyl (C=O) groups is 1. The molecule has 4 nitrogen and oxygen atoms in total. The zero-order valence-corrected chi connectivity index (χ0v) is 13.6. The molecule has 0 aliphatic rings. The van der Waals surface area contributed by atoms with Gasteiger partial charge in [-0.2, -0.15) is 0 Å². The third-order valence-corrected chi connectivity index (χ3v) is 3.88. The summed E-state index contributed by atoms with van der Waals surface area (Å²) in [7, 11) is 0. The maximum absolute atomic E-state index is 12.2. The van der Waals surface area contributed by atoms with Crippen LogP contribution < -0.4 is 9.47 Å². The molecule has 0 aliphatic carbocycles. The summed E-state index contributed by atoms with van der Waals surface area (Å²) in [5, 5.41) is 1.68. The number of rotatable bonds is 3. The number of halogens is 3. The zero-order chi connectivity index (χ0) is 19.0. The maximum Gasteiger partial charge on any atom is 0.573 e. The molecular formula is C20H11F3O4. The molecule has 1 heterocycles. The lowest BCUT2D eigenvalue weighted by molar-refractivity contribution is -0.274. The van der Waals surface area contributed by atoms with E-state index >= 15 is 0 Å². The molecule has 0 unspecified atom stereocenters. The Kier molecular flexibility index (Phi) is 3.99. The molecule has 0 saturated heterocycles. The number of esters is 1. The Labute approximate surface area is 150 Å². The molecule has 1 aromatic heterocycles. The first-order chi connectivity index (χ1) is 12.9. The maximum atomic E-state index is 12.2. The second-order valence-electron chi connectivity index (χ2n) is 5.72. The van der Waals surface area contributed by atoms with Crippen LogP contribution in [0.3, 0.4) is 0 Å². The van der Waals surface area contributed by atoms with Crippen LogP contribution in [0.25, 0.3) is 21.9 Å². The monoisotopic (exact) mass is 372 g/mol. The van der Waals surface area contributed by atoms with Gasteiger partial charge in [0.1, 0.15) is 22.7 Å². The van der Waals surface area contributed by atoms with Crippen molar-refractivity contribution in [2.75, 3.05) is 0 Å². The van der Waals surface area contributed by atoms with E-state index in [9.17, 15) is 18.0 Å². The van der Waals surface area contributed by atoms with Crippen molar-refractivity contribution >= 4 is 27.9 Å². The van der Waals surface area contributed by atoms with Gasteiger partial charge in [0, 0.05) is 10.8 Å². The van der Waals surface area contributed by atoms with Crippen LogP contribution in [0.4, 0.5) is 13.2 Å². The summed E-state index contributed by atoms with van der Waals surface area (Å²) in [6.45, 7) is 0. The number of furan rings is 1. The highest BCUT2D eigenvalue weighted by Gasteiger charge is 2.31. The molecule has 0 radical (unpaired) electrons. The van der Waals surface area contributed by atoms with Crippen molar-refractivity contribution in [3.8, 4) is 11.5 Å². The number of para-hydroxylation sites is 1. The van der Waals surface area contributed by atoms with Gasteiger partial charge in [-0.25, -0.2) is 4.79 Å². The minimum Gasteiger partial charge on any atom is -0.456 e. The van der Waals surface area contributed by atoms with Crippen molar-refractivity contribution in [3.05, 3.63) is 72.3 Å². The van der Waals surface area contributed by atoms with Gasteiger partial charge in [0.2, 0.25) is 0 Å². The molecule has 27 heavy (non-hydrogen) atoms. The molecule has 0 spiro atoms. The molecule has 0 saturated carbocycles. The van der Waals surface area contributed by atoms with Crippen LogP contribution >= 0.6 is 0 Å². The van der Waals surface area contributed by atoms with E-state index in [0.29, 0.717) is 11.3 Å². The fraction of sp³-hybridized carbons (Fsp3) is 0.0500. The molecular weight excluding hydrogens is 361 g/mol. The van der Waals surface area contributed by atoms with Gasteiger partial charge < -0.3 is 13.9 Å². The SMILES string of the molecule is O=C(Oc1ccc2oc3ccccc3c2c1)c1ccc(OC(F)(F)F)cc1. The quantitative estimate of drug-likeness (QED) is 0.342. The smallest absolute Gasteiger partial charge is 0.456 e. The molecule has 0 fully saturated rings. The van der Waals surface area contributed by atoms with Crippen LogP contribution in [-0.2, 0) is 0 Å². The summed E-state index contributed by atoms with van der Waals surface area (Å²) in [4.78, 5) is 12.2. The molecule has 0 bridgehead atoms. The Hall–Kier alpha value is -3.48. The predicted molar refractivity (Wildman–Crippen MR) is 91.8 cm³/mol. The minimum atomic E-state index is -4.79. The number of fused-ring (bicyclic) bond motifs is 3. The topological polar surface area (TPSA) is 48.7 Å². The average Bonchev–Trinajstić information content (AvgIpc) is 2.99. The predicted octanol–water partition coefficient (Wildman–Crippen LogP) is 5.70. The highest BCUT2D eigenvalue weighted by atomic mass is 19.4. The van der Waals surface area contributed by atoms with Crippen molar-refractivity contribution in [2.24, 2.45) is 0 Å². The highest BCUT2D eigenvalue weighted by molar-refractivity contribution is 6.05. The summed E-state index contributed by atoms with van der Waals surface area (Å²) < 4.78 is 51.3. The molecule has 4 rings (SSSR count). The largest absolute Gasteiger partial charge is 0.573 e. The van der Waals surface area contributed by atoms with E-state index in [4.69, 9.17) is 9.15 Å². The van der Waals surface area contributed by atoms with E-state index in [-0.39, 0.29) is 5.56 Å². The summed E-state index contributed by atoms with van der Waals surface area (Å²) in [5.74, 6) is -0.805. The van der Waals surface area contributed by atoms with E-state index in [1.54, 1.807) is 18.2 Å². The fourth-order valence-corrected chi connectivity index (χ4v) is 2.73. The Bertz CT molecular complexity index is 1130. The van der Waals surface area contributed by atoms with Crippen LogP contribution in [-0.4, -0.2) is 12.3 Å². The number of hydrogen-bond acceptors (Lipinski definition) is 4. The van der Waals surface area contributed by atoms with E-state index in [0.717, 1.165) is 28.5 Å². The van der Waals surface area contributed by atoms with Gasteiger partial charge in [-0.15, -0.1) is 13.2 Å². The normalized spacial score (nSPS) is 11.7. The molecule has 7 heteroatoms.